The minimum atomic E-state index is -1.47. The van der Waals surface area contributed by atoms with Crippen molar-refractivity contribution in [2.75, 3.05) is 0 Å². The molecule has 0 saturated carbocycles. The summed E-state index contributed by atoms with van der Waals surface area (Å²) < 4.78 is 0. The maximum absolute atomic E-state index is 9.54. The fraction of sp³-hybridized carbons (Fsp3) is 0. The second-order valence-electron chi connectivity index (χ2n) is 10.3. The first-order valence-electron chi connectivity index (χ1n) is 13.3. The molecule has 2 N–H and O–H groups in total. The van der Waals surface area contributed by atoms with E-state index in [-0.39, 0.29) is 0 Å². The van der Waals surface area contributed by atoms with Gasteiger partial charge in [-0.15, -0.1) is 0 Å². The van der Waals surface area contributed by atoms with E-state index < -0.39 is 7.12 Å². The van der Waals surface area contributed by atoms with Gasteiger partial charge in [0.25, 0.3) is 0 Å². The molecular formula is C36H23BO2. The Morgan fingerprint density at radius 3 is 1.64 bits per heavy atom. The first-order chi connectivity index (χ1) is 19.2. The van der Waals surface area contributed by atoms with Crippen LogP contribution >= 0.6 is 0 Å². The topological polar surface area (TPSA) is 40.5 Å². The van der Waals surface area contributed by atoms with Crippen LogP contribution in [0.15, 0.2) is 127 Å². The highest BCUT2D eigenvalue weighted by Crippen LogP contribution is 2.44. The van der Waals surface area contributed by atoms with Gasteiger partial charge in [0.1, 0.15) is 0 Å². The van der Waals surface area contributed by atoms with E-state index in [0.717, 1.165) is 11.1 Å². The molecule has 39 heavy (non-hydrogen) atoms. The van der Waals surface area contributed by atoms with Crippen LogP contribution in [0.4, 0.5) is 0 Å². The molecule has 0 amide bonds. The zero-order valence-corrected chi connectivity index (χ0v) is 21.1. The van der Waals surface area contributed by atoms with E-state index in [0.29, 0.717) is 5.46 Å². The van der Waals surface area contributed by atoms with E-state index >= 15 is 0 Å². The van der Waals surface area contributed by atoms with Crippen molar-refractivity contribution in [3.63, 3.8) is 0 Å². The largest absolute Gasteiger partial charge is 0.488 e. The molecule has 3 heteroatoms. The standard InChI is InChI=1S/C36H23BO2/c38-37(39)26-15-9-22(10-16-26)28-17-11-23-14-20-33-31(18-12-24-13-19-32(28)35(23)36(24)33)34-21-25-5-1-2-6-27(25)29-7-3-4-8-30(29)34/h1-21,38-39H. The van der Waals surface area contributed by atoms with E-state index in [4.69, 9.17) is 0 Å². The average molecular weight is 498 g/mol. The highest BCUT2D eigenvalue weighted by Gasteiger charge is 2.17. The van der Waals surface area contributed by atoms with Crippen LogP contribution in [0.25, 0.3) is 76.1 Å². The van der Waals surface area contributed by atoms with E-state index in [2.05, 4.69) is 103 Å². The van der Waals surface area contributed by atoms with Crippen molar-refractivity contribution < 1.29 is 10.0 Å². The van der Waals surface area contributed by atoms with Gasteiger partial charge in [-0.2, -0.15) is 0 Å². The van der Waals surface area contributed by atoms with Gasteiger partial charge < -0.3 is 10.0 Å². The van der Waals surface area contributed by atoms with Crippen LogP contribution in [-0.4, -0.2) is 17.2 Å². The van der Waals surface area contributed by atoms with Crippen molar-refractivity contribution in [1.82, 2.24) is 0 Å². The lowest BCUT2D eigenvalue weighted by Crippen LogP contribution is -2.29. The molecule has 2 nitrogen and oxygen atoms in total. The number of benzene rings is 8. The molecule has 0 spiro atoms. The Kier molecular flexibility index (Phi) is 4.81. The highest BCUT2D eigenvalue weighted by molar-refractivity contribution is 6.58. The van der Waals surface area contributed by atoms with Crippen LogP contribution in [0.5, 0.6) is 0 Å². The SMILES string of the molecule is OB(O)c1ccc(-c2ccc3ccc4c(-c5cc6ccccc6c6ccccc56)ccc5ccc2c3c54)cc1. The minimum absolute atomic E-state index is 0.490. The first kappa shape index (κ1) is 22.3. The van der Waals surface area contributed by atoms with Crippen molar-refractivity contribution in [2.45, 2.75) is 0 Å². The summed E-state index contributed by atoms with van der Waals surface area (Å²) in [5, 5.41) is 31.6. The Balaban J connectivity index is 1.44. The summed E-state index contributed by atoms with van der Waals surface area (Å²) in [5.41, 5.74) is 5.17. The molecule has 8 aromatic rings. The summed E-state index contributed by atoms with van der Waals surface area (Å²) in [7, 11) is -1.47. The fourth-order valence-corrected chi connectivity index (χ4v) is 6.40. The lowest BCUT2D eigenvalue weighted by Gasteiger charge is -2.18. The molecule has 182 valence electrons. The smallest absolute Gasteiger partial charge is 0.423 e. The van der Waals surface area contributed by atoms with E-state index in [9.17, 15) is 10.0 Å². The van der Waals surface area contributed by atoms with Gasteiger partial charge in [-0.05, 0) is 87.6 Å². The van der Waals surface area contributed by atoms with Crippen molar-refractivity contribution in [3.8, 4) is 22.3 Å². The summed E-state index contributed by atoms with van der Waals surface area (Å²) >= 11 is 0. The molecule has 0 saturated heterocycles. The number of hydrogen-bond acceptors (Lipinski definition) is 2. The Labute approximate surface area is 225 Å². The van der Waals surface area contributed by atoms with E-state index in [1.165, 1.54) is 65.0 Å². The fourth-order valence-electron chi connectivity index (χ4n) is 6.40. The quantitative estimate of drug-likeness (QED) is 0.192. The third kappa shape index (κ3) is 3.31. The Hall–Kier alpha value is -4.70. The Bertz CT molecular complexity index is 2200. The van der Waals surface area contributed by atoms with Gasteiger partial charge in [-0.3, -0.25) is 0 Å². The molecule has 0 aliphatic rings. The molecular weight excluding hydrogens is 475 g/mol. The van der Waals surface area contributed by atoms with Crippen molar-refractivity contribution >= 4 is 66.4 Å². The third-order valence-electron chi connectivity index (χ3n) is 8.24. The second kappa shape index (κ2) is 8.41. The highest BCUT2D eigenvalue weighted by atomic mass is 16.4. The van der Waals surface area contributed by atoms with Crippen molar-refractivity contribution in [2.24, 2.45) is 0 Å². The predicted molar refractivity (Wildman–Crippen MR) is 166 cm³/mol. The molecule has 8 rings (SSSR count). The molecule has 0 radical (unpaired) electrons. The Morgan fingerprint density at radius 1 is 0.385 bits per heavy atom. The summed E-state index contributed by atoms with van der Waals surface area (Å²) in [4.78, 5) is 0. The Morgan fingerprint density at radius 2 is 0.949 bits per heavy atom. The van der Waals surface area contributed by atoms with Crippen LogP contribution in [0.2, 0.25) is 0 Å². The maximum Gasteiger partial charge on any atom is 0.488 e. The van der Waals surface area contributed by atoms with Gasteiger partial charge in [0.15, 0.2) is 0 Å². The van der Waals surface area contributed by atoms with E-state index in [1.807, 2.05) is 12.1 Å². The molecule has 0 aliphatic heterocycles. The monoisotopic (exact) mass is 498 g/mol. The van der Waals surface area contributed by atoms with Gasteiger partial charge in [0.2, 0.25) is 0 Å². The number of hydrogen-bond donors (Lipinski definition) is 2. The molecule has 0 aliphatic carbocycles. The minimum Gasteiger partial charge on any atom is -0.423 e. The molecule has 0 atom stereocenters. The molecule has 0 aromatic heterocycles. The summed E-state index contributed by atoms with van der Waals surface area (Å²) in [6.45, 7) is 0. The van der Waals surface area contributed by atoms with Crippen LogP contribution < -0.4 is 5.46 Å². The van der Waals surface area contributed by atoms with E-state index in [1.54, 1.807) is 12.1 Å². The zero-order valence-electron chi connectivity index (χ0n) is 21.1. The van der Waals surface area contributed by atoms with Crippen LogP contribution in [0.3, 0.4) is 0 Å². The normalized spacial score (nSPS) is 11.8. The third-order valence-corrected chi connectivity index (χ3v) is 8.24. The summed E-state index contributed by atoms with van der Waals surface area (Å²) in [6, 6.07) is 45.0. The molecule has 8 aromatic carbocycles. The molecule has 0 fully saturated rings. The summed E-state index contributed by atoms with van der Waals surface area (Å²) in [6.07, 6.45) is 0. The number of fused-ring (bicyclic) bond motifs is 3. The summed E-state index contributed by atoms with van der Waals surface area (Å²) in [5.74, 6) is 0. The lowest BCUT2D eigenvalue weighted by atomic mass is 9.79. The van der Waals surface area contributed by atoms with Crippen molar-refractivity contribution in [3.05, 3.63) is 127 Å². The maximum atomic E-state index is 9.54. The molecule has 0 unspecified atom stereocenters. The molecule has 0 heterocycles. The first-order valence-corrected chi connectivity index (χ1v) is 13.3. The number of rotatable bonds is 3. The predicted octanol–water partition coefficient (Wildman–Crippen LogP) is 7.90. The van der Waals surface area contributed by atoms with Crippen molar-refractivity contribution in [1.29, 1.82) is 0 Å². The second-order valence-corrected chi connectivity index (χ2v) is 10.3. The van der Waals surface area contributed by atoms with Gasteiger partial charge >= 0.3 is 7.12 Å². The average Bonchev–Trinajstić information content (AvgIpc) is 2.99. The van der Waals surface area contributed by atoms with Gasteiger partial charge in [-0.25, -0.2) is 0 Å². The van der Waals surface area contributed by atoms with Crippen LogP contribution in [0.1, 0.15) is 0 Å². The zero-order chi connectivity index (χ0) is 26.1. The van der Waals surface area contributed by atoms with Crippen LogP contribution in [0, 0.1) is 0 Å². The van der Waals surface area contributed by atoms with Gasteiger partial charge in [0.05, 0.1) is 0 Å². The van der Waals surface area contributed by atoms with Gasteiger partial charge in [0, 0.05) is 0 Å². The lowest BCUT2D eigenvalue weighted by molar-refractivity contribution is 0.426. The van der Waals surface area contributed by atoms with Gasteiger partial charge in [-0.1, -0.05) is 121 Å². The van der Waals surface area contributed by atoms with Crippen LogP contribution in [-0.2, 0) is 0 Å². The molecule has 0 bridgehead atoms.